The van der Waals surface area contributed by atoms with Crippen molar-refractivity contribution in [2.75, 3.05) is 14.2 Å². The number of phenolic OH excluding ortho intramolecular Hbond substituents is 1. The van der Waals surface area contributed by atoms with Gasteiger partial charge in [-0.3, -0.25) is 14.4 Å². The Bertz CT molecular complexity index is 1370. The molecule has 0 spiro atoms. The van der Waals surface area contributed by atoms with Gasteiger partial charge in [0.15, 0.2) is 5.78 Å². The Hall–Kier alpha value is -4.40. The smallest absolute Gasteiger partial charge is 0.408 e. The van der Waals surface area contributed by atoms with Gasteiger partial charge in [0.05, 0.1) is 27.1 Å². The molecule has 2 N–H and O–H groups in total. The third-order valence-corrected chi connectivity index (χ3v) is 6.36. The highest BCUT2D eigenvalue weighted by atomic mass is 16.6. The molecule has 40 heavy (non-hydrogen) atoms. The Labute approximate surface area is 233 Å². The minimum Gasteiger partial charge on any atom is -0.507 e. The van der Waals surface area contributed by atoms with Gasteiger partial charge in [0.1, 0.15) is 17.4 Å². The molecule has 3 aromatic carbocycles. The van der Waals surface area contributed by atoms with E-state index in [1.807, 2.05) is 54.6 Å². The summed E-state index contributed by atoms with van der Waals surface area (Å²) in [6.07, 6.45) is -1.45. The molecule has 9 heteroatoms. The van der Waals surface area contributed by atoms with Crippen LogP contribution < -0.4 is 5.32 Å². The number of ketones is 1. The van der Waals surface area contributed by atoms with Gasteiger partial charge in [-0.15, -0.1) is 0 Å². The van der Waals surface area contributed by atoms with Gasteiger partial charge in [0.2, 0.25) is 0 Å². The second-order valence-electron chi connectivity index (χ2n) is 10.4. The molecule has 3 aromatic rings. The number of Topliss-reactive ketones (excluding diaryl/α,β-unsaturated/α-hetero) is 1. The van der Waals surface area contributed by atoms with Gasteiger partial charge in [-0.25, -0.2) is 4.79 Å². The van der Waals surface area contributed by atoms with E-state index < -0.39 is 41.4 Å². The lowest BCUT2D eigenvalue weighted by Gasteiger charge is -2.24. The second kappa shape index (κ2) is 13.1. The summed E-state index contributed by atoms with van der Waals surface area (Å²) in [5, 5.41) is 14.3. The number of alkyl carbamates (subject to hydrolysis) is 1. The molecule has 0 heterocycles. The number of carbonyl (C=O) groups excluding carboxylic acids is 4. The van der Waals surface area contributed by atoms with Crippen molar-refractivity contribution < 1.29 is 38.5 Å². The van der Waals surface area contributed by atoms with Crippen LogP contribution in [-0.4, -0.2) is 54.8 Å². The van der Waals surface area contributed by atoms with E-state index >= 15 is 0 Å². The lowest BCUT2D eigenvalue weighted by atomic mass is 9.87. The molecule has 0 fully saturated rings. The molecule has 0 radical (unpaired) electrons. The van der Waals surface area contributed by atoms with Crippen LogP contribution in [0.25, 0.3) is 21.9 Å². The molecule has 0 aliphatic carbocycles. The molecule has 0 aliphatic rings. The number of hydrogen-bond donors (Lipinski definition) is 2. The largest absolute Gasteiger partial charge is 0.507 e. The highest BCUT2D eigenvalue weighted by molar-refractivity contribution is 6.00. The van der Waals surface area contributed by atoms with E-state index in [0.29, 0.717) is 5.56 Å². The lowest BCUT2D eigenvalue weighted by Crippen LogP contribution is -2.45. The topological polar surface area (TPSA) is 128 Å². The fourth-order valence-electron chi connectivity index (χ4n) is 4.39. The quantitative estimate of drug-likeness (QED) is 0.258. The number of ether oxygens (including phenoxy) is 3. The van der Waals surface area contributed by atoms with Crippen molar-refractivity contribution in [2.24, 2.45) is 0 Å². The molecule has 0 aliphatic heterocycles. The standard InChI is InChI=1S/C31H35NO8/c1-31(2,3)40-30(37)32-25(18-29(36)39-5)27(34)16-21(17-28(35)38-4)19-10-12-20(13-11-19)22-14-15-26(33)24-9-7-6-8-23(22)24/h6-15,21,25,33H,16-18H2,1-5H3,(H,32,37)/t21-,25-/m0/s1. The van der Waals surface area contributed by atoms with Crippen molar-refractivity contribution in [3.05, 3.63) is 66.2 Å². The van der Waals surface area contributed by atoms with E-state index in [-0.39, 0.29) is 25.0 Å². The number of phenols is 1. The third-order valence-electron chi connectivity index (χ3n) is 6.36. The molecule has 0 bridgehead atoms. The SMILES string of the molecule is COC(=O)C[C@H](CC(=O)[C@H](CC(=O)OC)NC(=O)OC(C)(C)C)c1ccc(-c2ccc(O)c3ccccc23)cc1. The number of methoxy groups -OCH3 is 2. The maximum Gasteiger partial charge on any atom is 0.408 e. The van der Waals surface area contributed by atoms with Gasteiger partial charge in [0, 0.05) is 17.7 Å². The van der Waals surface area contributed by atoms with Crippen molar-refractivity contribution in [1.82, 2.24) is 5.32 Å². The fraction of sp³-hybridized carbons (Fsp3) is 0.355. The maximum absolute atomic E-state index is 13.4. The van der Waals surface area contributed by atoms with E-state index in [2.05, 4.69) is 5.32 Å². The summed E-state index contributed by atoms with van der Waals surface area (Å²) in [7, 11) is 2.46. The van der Waals surface area contributed by atoms with E-state index in [1.54, 1.807) is 26.8 Å². The van der Waals surface area contributed by atoms with Crippen molar-refractivity contribution in [2.45, 2.75) is 57.6 Å². The summed E-state index contributed by atoms with van der Waals surface area (Å²) in [4.78, 5) is 50.0. The van der Waals surface area contributed by atoms with E-state index in [1.165, 1.54) is 14.2 Å². The molecule has 0 saturated heterocycles. The van der Waals surface area contributed by atoms with Gasteiger partial charge >= 0.3 is 18.0 Å². The van der Waals surface area contributed by atoms with Crippen molar-refractivity contribution >= 4 is 34.6 Å². The van der Waals surface area contributed by atoms with Crippen LogP contribution in [-0.2, 0) is 28.6 Å². The molecule has 0 unspecified atom stereocenters. The fourth-order valence-corrected chi connectivity index (χ4v) is 4.39. The number of benzene rings is 3. The summed E-state index contributed by atoms with van der Waals surface area (Å²) >= 11 is 0. The van der Waals surface area contributed by atoms with Gasteiger partial charge in [0.25, 0.3) is 0 Å². The second-order valence-corrected chi connectivity index (χ2v) is 10.4. The first-order valence-corrected chi connectivity index (χ1v) is 12.9. The monoisotopic (exact) mass is 549 g/mol. The number of rotatable bonds is 10. The molecule has 212 valence electrons. The Morgan fingerprint density at radius 3 is 2.00 bits per heavy atom. The minimum atomic E-state index is -1.20. The van der Waals surface area contributed by atoms with E-state index in [0.717, 1.165) is 21.9 Å². The van der Waals surface area contributed by atoms with E-state index in [9.17, 15) is 24.3 Å². The number of hydrogen-bond acceptors (Lipinski definition) is 8. The van der Waals surface area contributed by atoms with Crippen LogP contribution in [0.4, 0.5) is 4.79 Å². The molecule has 1 amide bonds. The Morgan fingerprint density at radius 1 is 0.800 bits per heavy atom. The van der Waals surface area contributed by atoms with Crippen LogP contribution in [0.1, 0.15) is 51.5 Å². The predicted octanol–water partition coefficient (Wildman–Crippen LogP) is 5.27. The van der Waals surface area contributed by atoms with Crippen LogP contribution in [0.5, 0.6) is 5.75 Å². The highest BCUT2D eigenvalue weighted by Gasteiger charge is 2.30. The first-order valence-electron chi connectivity index (χ1n) is 12.9. The van der Waals surface area contributed by atoms with Crippen LogP contribution in [0, 0.1) is 0 Å². The molecular formula is C31H35NO8. The van der Waals surface area contributed by atoms with Gasteiger partial charge < -0.3 is 24.6 Å². The molecule has 9 nitrogen and oxygen atoms in total. The normalized spacial score (nSPS) is 12.7. The zero-order valence-corrected chi connectivity index (χ0v) is 23.4. The minimum absolute atomic E-state index is 0.0822. The number of nitrogens with one attached hydrogen (secondary N) is 1. The summed E-state index contributed by atoms with van der Waals surface area (Å²) in [6, 6.07) is 17.2. The molecular weight excluding hydrogens is 514 g/mol. The first-order chi connectivity index (χ1) is 18.9. The first kappa shape index (κ1) is 30.1. The Kier molecular flexibility index (Phi) is 9.87. The van der Waals surface area contributed by atoms with Gasteiger partial charge in [-0.2, -0.15) is 0 Å². The number of aromatic hydroxyl groups is 1. The van der Waals surface area contributed by atoms with Crippen LogP contribution >= 0.6 is 0 Å². The van der Waals surface area contributed by atoms with Crippen LogP contribution in [0.2, 0.25) is 0 Å². The van der Waals surface area contributed by atoms with Crippen LogP contribution in [0.3, 0.4) is 0 Å². The van der Waals surface area contributed by atoms with Gasteiger partial charge in [-0.1, -0.05) is 54.6 Å². The van der Waals surface area contributed by atoms with Crippen molar-refractivity contribution in [3.63, 3.8) is 0 Å². The molecule has 0 aromatic heterocycles. The van der Waals surface area contributed by atoms with Crippen molar-refractivity contribution in [3.8, 4) is 16.9 Å². The Morgan fingerprint density at radius 2 is 1.40 bits per heavy atom. The van der Waals surface area contributed by atoms with Crippen molar-refractivity contribution in [1.29, 1.82) is 0 Å². The average molecular weight is 550 g/mol. The summed E-state index contributed by atoms with van der Waals surface area (Å²) in [5.41, 5.74) is 1.71. The molecule has 2 atom stereocenters. The number of amides is 1. The zero-order valence-electron chi connectivity index (χ0n) is 23.4. The Balaban J connectivity index is 1.88. The van der Waals surface area contributed by atoms with Crippen LogP contribution in [0.15, 0.2) is 60.7 Å². The summed E-state index contributed by atoms with van der Waals surface area (Å²) < 4.78 is 14.8. The van der Waals surface area contributed by atoms with Gasteiger partial charge in [-0.05, 0) is 48.9 Å². The average Bonchev–Trinajstić information content (AvgIpc) is 2.91. The summed E-state index contributed by atoms with van der Waals surface area (Å²) in [6.45, 7) is 5.04. The lowest BCUT2D eigenvalue weighted by molar-refractivity contribution is -0.143. The maximum atomic E-state index is 13.4. The predicted molar refractivity (Wildman–Crippen MR) is 150 cm³/mol. The third kappa shape index (κ3) is 8.05. The highest BCUT2D eigenvalue weighted by Crippen LogP contribution is 2.35. The molecule has 3 rings (SSSR count). The zero-order chi connectivity index (χ0) is 29.4. The molecule has 0 saturated carbocycles. The summed E-state index contributed by atoms with van der Waals surface area (Å²) in [5.74, 6) is -2.03. The number of fused-ring (bicyclic) bond motifs is 1. The number of carbonyl (C=O) groups is 4. The number of esters is 2. The van der Waals surface area contributed by atoms with E-state index in [4.69, 9.17) is 14.2 Å².